The molecular weight excluding hydrogens is 454 g/mol. The van der Waals surface area contributed by atoms with Crippen LogP contribution >= 0.6 is 11.6 Å². The van der Waals surface area contributed by atoms with Crippen LogP contribution in [0.1, 0.15) is 25.7 Å². The van der Waals surface area contributed by atoms with Crippen molar-refractivity contribution in [3.05, 3.63) is 27.3 Å². The fourth-order valence-corrected chi connectivity index (χ4v) is 4.59. The molecule has 1 aromatic carbocycles. The van der Waals surface area contributed by atoms with E-state index in [1.165, 1.54) is 0 Å². The third kappa shape index (κ3) is 6.25. The molecule has 0 saturated heterocycles. The molecule has 0 atom stereocenters. The van der Waals surface area contributed by atoms with Crippen LogP contribution in [0.5, 0.6) is 0 Å². The molecule has 0 spiro atoms. The summed E-state index contributed by atoms with van der Waals surface area (Å²) < 4.78 is 51.0. The molecule has 0 aliphatic carbocycles. The normalized spacial score (nSPS) is 14.9. The zero-order valence-corrected chi connectivity index (χ0v) is 17.0. The van der Waals surface area contributed by atoms with Crippen molar-refractivity contribution >= 4 is 49.2 Å². The Morgan fingerprint density at radius 2 is 2.03 bits per heavy atom. The van der Waals surface area contributed by atoms with E-state index in [0.717, 1.165) is 12.1 Å². The van der Waals surface area contributed by atoms with Crippen molar-refractivity contribution in [3.63, 3.8) is 0 Å². The van der Waals surface area contributed by atoms with Crippen LogP contribution < -0.4 is 15.8 Å². The number of fused-ring (bicyclic) bond motifs is 1. The first kappa shape index (κ1) is 22.8. The van der Waals surface area contributed by atoms with E-state index in [-0.39, 0.29) is 29.7 Å². The Morgan fingerprint density at radius 3 is 2.66 bits per heavy atom. The first-order chi connectivity index (χ1) is 13.4. The average Bonchev–Trinajstić information content (AvgIpc) is 2.55. The largest absolute Gasteiger partial charge is 0.324 e. The van der Waals surface area contributed by atoms with Gasteiger partial charge in [0.25, 0.3) is 15.1 Å². The maximum atomic E-state index is 12.3. The first-order valence-electron chi connectivity index (χ1n) is 7.95. The molecule has 1 aliphatic rings. The van der Waals surface area contributed by atoms with E-state index in [4.69, 9.17) is 16.7 Å². The molecule has 0 unspecified atom stereocenters. The quantitative estimate of drug-likeness (QED) is 0.272. The van der Waals surface area contributed by atoms with Crippen LogP contribution in [0, 0.1) is 10.1 Å². The molecule has 2 rings (SSSR count). The smallest absolute Gasteiger partial charge is 0.294 e. The van der Waals surface area contributed by atoms with E-state index in [1.807, 2.05) is 0 Å². The van der Waals surface area contributed by atoms with Gasteiger partial charge in [-0.15, -0.1) is 14.5 Å². The van der Waals surface area contributed by atoms with Gasteiger partial charge in [-0.2, -0.15) is 8.42 Å². The van der Waals surface area contributed by atoms with Gasteiger partial charge in [0.1, 0.15) is 9.79 Å². The highest BCUT2D eigenvalue weighted by molar-refractivity contribution is 7.91. The van der Waals surface area contributed by atoms with Crippen molar-refractivity contribution in [1.29, 1.82) is 0 Å². The lowest BCUT2D eigenvalue weighted by Crippen LogP contribution is -2.38. The number of unbranched alkanes of at least 4 members (excludes halogenated alkanes) is 2. The standard InChI is InChI=1S/C13H16ClN5O8S2/c14-8-6-9-11(7-10(8)28(15,23)24)29(25,26)18-13(16-9)17-12(20)4-2-1-3-5-27-19(21)22/h6-7H,1-5H2,(H2,15,23,24)(H2,16,17,18,20). The molecule has 0 aromatic heterocycles. The van der Waals surface area contributed by atoms with Crippen LogP contribution in [-0.2, 0) is 29.7 Å². The maximum Gasteiger partial charge on any atom is 0.294 e. The van der Waals surface area contributed by atoms with Gasteiger partial charge < -0.3 is 10.2 Å². The molecule has 0 radical (unpaired) electrons. The highest BCUT2D eigenvalue weighted by atomic mass is 35.5. The lowest BCUT2D eigenvalue weighted by molar-refractivity contribution is -0.757. The molecule has 0 bridgehead atoms. The monoisotopic (exact) mass is 469 g/mol. The van der Waals surface area contributed by atoms with Crippen molar-refractivity contribution in [3.8, 4) is 0 Å². The van der Waals surface area contributed by atoms with Crippen molar-refractivity contribution in [2.75, 3.05) is 11.9 Å². The number of hydrogen-bond acceptors (Lipinski definition) is 9. The number of nitrogens with one attached hydrogen (secondary N) is 2. The van der Waals surface area contributed by atoms with Gasteiger partial charge in [0.15, 0.2) is 0 Å². The number of rotatable bonds is 8. The Labute approximate surface area is 170 Å². The minimum atomic E-state index is -4.33. The lowest BCUT2D eigenvalue weighted by Gasteiger charge is -2.19. The molecule has 29 heavy (non-hydrogen) atoms. The summed E-state index contributed by atoms with van der Waals surface area (Å²) in [4.78, 5) is 25.0. The summed E-state index contributed by atoms with van der Waals surface area (Å²) in [6.45, 7) is -0.0841. The number of hydrogen-bond donors (Lipinski definition) is 3. The maximum absolute atomic E-state index is 12.3. The Kier molecular flexibility index (Phi) is 6.99. The average molecular weight is 470 g/mol. The van der Waals surface area contributed by atoms with Crippen molar-refractivity contribution < 1.29 is 31.6 Å². The summed E-state index contributed by atoms with van der Waals surface area (Å²) in [5, 5.41) is 18.6. The van der Waals surface area contributed by atoms with Crippen LogP contribution in [0.3, 0.4) is 0 Å². The molecule has 1 aliphatic heterocycles. The Bertz CT molecular complexity index is 1070. The van der Waals surface area contributed by atoms with Gasteiger partial charge in [-0.3, -0.25) is 10.1 Å². The Hall–Kier alpha value is -2.49. The van der Waals surface area contributed by atoms with Gasteiger partial charge in [-0.05, 0) is 25.0 Å². The highest BCUT2D eigenvalue weighted by Gasteiger charge is 2.29. The number of amides is 1. The third-order valence-electron chi connectivity index (χ3n) is 3.59. The van der Waals surface area contributed by atoms with E-state index in [9.17, 15) is 31.7 Å². The Morgan fingerprint density at radius 1 is 1.34 bits per heavy atom. The topological polar surface area (TPSA) is 200 Å². The van der Waals surface area contributed by atoms with Crippen LogP contribution in [0.15, 0.2) is 26.3 Å². The fourth-order valence-electron chi connectivity index (χ4n) is 2.34. The summed E-state index contributed by atoms with van der Waals surface area (Å²) >= 11 is 5.85. The summed E-state index contributed by atoms with van der Waals surface area (Å²) in [5.74, 6) is -0.920. The number of benzene rings is 1. The number of nitrogens with zero attached hydrogens (tertiary/aromatic N) is 2. The molecule has 160 valence electrons. The van der Waals surface area contributed by atoms with E-state index in [0.29, 0.717) is 19.3 Å². The number of primary sulfonamides is 1. The lowest BCUT2D eigenvalue weighted by atomic mass is 10.2. The molecule has 1 heterocycles. The van der Waals surface area contributed by atoms with E-state index < -0.39 is 40.8 Å². The zero-order valence-electron chi connectivity index (χ0n) is 14.6. The summed E-state index contributed by atoms with van der Waals surface area (Å²) in [5.41, 5.74) is -0.0790. The van der Waals surface area contributed by atoms with Gasteiger partial charge in [-0.1, -0.05) is 18.0 Å². The number of anilines is 1. The number of nitrogens with two attached hydrogens (primary N) is 1. The highest BCUT2D eigenvalue weighted by Crippen LogP contribution is 2.34. The van der Waals surface area contributed by atoms with Gasteiger partial charge in [0.2, 0.25) is 21.9 Å². The summed E-state index contributed by atoms with van der Waals surface area (Å²) in [7, 11) is -8.59. The van der Waals surface area contributed by atoms with Gasteiger partial charge >= 0.3 is 0 Å². The fraction of sp³-hybridized carbons (Fsp3) is 0.385. The van der Waals surface area contributed by atoms with Gasteiger partial charge in [0, 0.05) is 6.42 Å². The molecule has 13 nitrogen and oxygen atoms in total. The van der Waals surface area contributed by atoms with Crippen LogP contribution in [0.4, 0.5) is 5.69 Å². The molecule has 1 amide bonds. The molecule has 0 saturated carbocycles. The van der Waals surface area contributed by atoms with Crippen LogP contribution in [0.25, 0.3) is 0 Å². The van der Waals surface area contributed by atoms with Crippen molar-refractivity contribution in [2.24, 2.45) is 9.54 Å². The third-order valence-corrected chi connectivity index (χ3v) is 6.28. The summed E-state index contributed by atoms with van der Waals surface area (Å²) in [6, 6.07) is 1.83. The van der Waals surface area contributed by atoms with E-state index in [1.54, 1.807) is 0 Å². The summed E-state index contributed by atoms with van der Waals surface area (Å²) in [6.07, 6.45) is 1.25. The second kappa shape index (κ2) is 8.89. The molecule has 4 N–H and O–H groups in total. The molecule has 0 fully saturated rings. The predicted octanol–water partition coefficient (Wildman–Crippen LogP) is 0.343. The minimum absolute atomic E-state index is 0.0111. The van der Waals surface area contributed by atoms with E-state index >= 15 is 0 Å². The zero-order chi connectivity index (χ0) is 21.8. The number of carbonyl (C=O) groups excluding carboxylic acids is 1. The Balaban J connectivity index is 2.03. The second-order valence-corrected chi connectivity index (χ2v) is 9.29. The number of guanidine groups is 1. The predicted molar refractivity (Wildman–Crippen MR) is 101 cm³/mol. The van der Waals surface area contributed by atoms with Crippen LogP contribution in [-0.4, -0.2) is 40.4 Å². The van der Waals surface area contributed by atoms with Crippen molar-refractivity contribution in [1.82, 2.24) is 5.32 Å². The second-order valence-electron chi connectivity index (χ2n) is 5.78. The van der Waals surface area contributed by atoms with E-state index in [2.05, 4.69) is 19.9 Å². The van der Waals surface area contributed by atoms with Gasteiger partial charge in [0.05, 0.1) is 17.3 Å². The van der Waals surface area contributed by atoms with Gasteiger partial charge in [-0.25, -0.2) is 13.6 Å². The number of sulfonamides is 2. The molecular formula is C13H16ClN5O8S2. The number of halogens is 1. The van der Waals surface area contributed by atoms with Crippen LogP contribution in [0.2, 0.25) is 5.02 Å². The SMILES string of the molecule is NS(=O)(=O)c1cc2c(cc1Cl)NC(NC(=O)CCCCCO[N+](=O)[O-])=NS2(=O)=O. The van der Waals surface area contributed by atoms with Crippen molar-refractivity contribution in [2.45, 2.75) is 35.5 Å². The molecule has 16 heteroatoms. The molecule has 1 aromatic rings. The minimum Gasteiger partial charge on any atom is -0.324 e. The first-order valence-corrected chi connectivity index (χ1v) is 11.3. The number of carbonyl (C=O) groups is 1.